The molecule has 0 spiro atoms. The zero-order valence-corrected chi connectivity index (χ0v) is 12.1. The van der Waals surface area contributed by atoms with E-state index in [4.69, 9.17) is 5.73 Å². The lowest BCUT2D eigenvalue weighted by atomic mass is 10.0. The molecule has 1 aliphatic heterocycles. The minimum atomic E-state index is -0.877. The molecule has 1 heterocycles. The van der Waals surface area contributed by atoms with Crippen LogP contribution in [0, 0.1) is 6.92 Å². The lowest BCUT2D eigenvalue weighted by molar-refractivity contribution is -0.150. The van der Waals surface area contributed by atoms with Gasteiger partial charge in [0.1, 0.15) is 18.6 Å². The first-order chi connectivity index (χ1) is 9.93. The van der Waals surface area contributed by atoms with Crippen molar-refractivity contribution in [3.05, 3.63) is 35.4 Å². The summed E-state index contributed by atoms with van der Waals surface area (Å²) in [6.45, 7) is 3.60. The van der Waals surface area contributed by atoms with Gasteiger partial charge in [-0.1, -0.05) is 36.8 Å². The molecule has 21 heavy (non-hydrogen) atoms. The third kappa shape index (κ3) is 3.11. The predicted octanol–water partition coefficient (Wildman–Crippen LogP) is 0.258. The maximum Gasteiger partial charge on any atom is 0.249 e. The number of aryl methyl sites for hydroxylation is 1. The highest BCUT2D eigenvalue weighted by molar-refractivity contribution is 6.04. The number of hydrogen-bond acceptors (Lipinski definition) is 4. The Morgan fingerprint density at radius 1 is 1.38 bits per heavy atom. The SMILES string of the molecule is CCC1C(=O)NC(=O)CN1C(=O)C(N)c1ccc(C)cc1. The fraction of sp³-hybridized carbons (Fsp3) is 0.400. The Hall–Kier alpha value is -2.21. The molecule has 0 aliphatic carbocycles. The number of piperazine rings is 1. The maximum absolute atomic E-state index is 12.5. The predicted molar refractivity (Wildman–Crippen MR) is 77.0 cm³/mol. The molecule has 112 valence electrons. The number of hydrogen-bond donors (Lipinski definition) is 2. The zero-order valence-electron chi connectivity index (χ0n) is 12.1. The van der Waals surface area contributed by atoms with Gasteiger partial charge in [-0.2, -0.15) is 0 Å². The van der Waals surface area contributed by atoms with Crippen molar-refractivity contribution in [3.63, 3.8) is 0 Å². The van der Waals surface area contributed by atoms with E-state index in [-0.39, 0.29) is 6.54 Å². The normalized spacial score (nSPS) is 20.1. The monoisotopic (exact) mass is 289 g/mol. The van der Waals surface area contributed by atoms with Crippen molar-refractivity contribution in [3.8, 4) is 0 Å². The van der Waals surface area contributed by atoms with Crippen LogP contribution in [-0.4, -0.2) is 35.2 Å². The molecule has 1 aromatic carbocycles. The Morgan fingerprint density at radius 2 is 2.00 bits per heavy atom. The van der Waals surface area contributed by atoms with Gasteiger partial charge in [0.05, 0.1) is 0 Å². The summed E-state index contributed by atoms with van der Waals surface area (Å²) < 4.78 is 0. The zero-order chi connectivity index (χ0) is 15.6. The number of rotatable bonds is 3. The van der Waals surface area contributed by atoms with E-state index in [2.05, 4.69) is 5.32 Å². The molecule has 3 amide bonds. The van der Waals surface area contributed by atoms with E-state index in [1.807, 2.05) is 19.1 Å². The molecular weight excluding hydrogens is 270 g/mol. The highest BCUT2D eigenvalue weighted by Crippen LogP contribution is 2.18. The van der Waals surface area contributed by atoms with Crippen LogP contribution < -0.4 is 11.1 Å². The van der Waals surface area contributed by atoms with Gasteiger partial charge >= 0.3 is 0 Å². The summed E-state index contributed by atoms with van der Waals surface area (Å²) in [5.41, 5.74) is 7.73. The first kappa shape index (κ1) is 15.2. The molecule has 0 radical (unpaired) electrons. The topological polar surface area (TPSA) is 92.5 Å². The number of benzene rings is 1. The van der Waals surface area contributed by atoms with E-state index in [0.717, 1.165) is 5.56 Å². The van der Waals surface area contributed by atoms with Crippen LogP contribution in [0.3, 0.4) is 0 Å². The third-order valence-electron chi connectivity index (χ3n) is 3.63. The molecule has 2 rings (SSSR count). The third-order valence-corrected chi connectivity index (χ3v) is 3.63. The van der Waals surface area contributed by atoms with Gasteiger partial charge in [0.2, 0.25) is 17.7 Å². The van der Waals surface area contributed by atoms with Gasteiger partial charge < -0.3 is 10.6 Å². The summed E-state index contributed by atoms with van der Waals surface area (Å²) in [4.78, 5) is 37.1. The van der Waals surface area contributed by atoms with Gasteiger partial charge in [-0.3, -0.25) is 19.7 Å². The van der Waals surface area contributed by atoms with Gasteiger partial charge in [0, 0.05) is 0 Å². The standard InChI is InChI=1S/C15H19N3O3/c1-3-11-14(20)17-12(19)8-18(11)15(21)13(16)10-6-4-9(2)5-7-10/h4-7,11,13H,3,8,16H2,1-2H3,(H,17,19,20). The first-order valence-electron chi connectivity index (χ1n) is 6.90. The molecule has 6 nitrogen and oxygen atoms in total. The summed E-state index contributed by atoms with van der Waals surface area (Å²) >= 11 is 0. The highest BCUT2D eigenvalue weighted by atomic mass is 16.2. The van der Waals surface area contributed by atoms with E-state index in [0.29, 0.717) is 12.0 Å². The lowest BCUT2D eigenvalue weighted by Gasteiger charge is -2.35. The van der Waals surface area contributed by atoms with E-state index in [9.17, 15) is 14.4 Å². The van der Waals surface area contributed by atoms with E-state index in [1.54, 1.807) is 19.1 Å². The number of nitrogens with two attached hydrogens (primary N) is 1. The van der Waals surface area contributed by atoms with Crippen LogP contribution >= 0.6 is 0 Å². The fourth-order valence-electron chi connectivity index (χ4n) is 2.40. The number of imide groups is 1. The smallest absolute Gasteiger partial charge is 0.249 e. The van der Waals surface area contributed by atoms with E-state index < -0.39 is 29.8 Å². The van der Waals surface area contributed by atoms with Crippen molar-refractivity contribution in [2.24, 2.45) is 5.73 Å². The molecule has 2 unspecified atom stereocenters. The molecule has 1 fully saturated rings. The van der Waals surface area contributed by atoms with Crippen molar-refractivity contribution in [2.45, 2.75) is 32.4 Å². The molecule has 1 saturated heterocycles. The van der Waals surface area contributed by atoms with Crippen LogP contribution in [0.2, 0.25) is 0 Å². The Kier molecular flexibility index (Phi) is 4.37. The van der Waals surface area contributed by atoms with Crippen LogP contribution in [0.15, 0.2) is 24.3 Å². The molecule has 2 atom stereocenters. The average Bonchev–Trinajstić information content (AvgIpc) is 2.46. The molecular formula is C15H19N3O3. The van der Waals surface area contributed by atoms with E-state index >= 15 is 0 Å². The largest absolute Gasteiger partial charge is 0.320 e. The molecule has 6 heteroatoms. The summed E-state index contributed by atoms with van der Waals surface area (Å²) in [5.74, 6) is -1.33. The van der Waals surface area contributed by atoms with Gasteiger partial charge in [-0.15, -0.1) is 0 Å². The number of carbonyl (C=O) groups is 3. The van der Waals surface area contributed by atoms with Gasteiger partial charge in [-0.05, 0) is 18.9 Å². The van der Waals surface area contributed by atoms with Crippen LogP contribution in [0.5, 0.6) is 0 Å². The van der Waals surface area contributed by atoms with Gasteiger partial charge in [-0.25, -0.2) is 0 Å². The van der Waals surface area contributed by atoms with Crippen LogP contribution in [0.1, 0.15) is 30.5 Å². The number of amides is 3. The van der Waals surface area contributed by atoms with Gasteiger partial charge in [0.15, 0.2) is 0 Å². The van der Waals surface area contributed by atoms with Crippen LogP contribution in [-0.2, 0) is 14.4 Å². The molecule has 1 aromatic rings. The number of nitrogens with one attached hydrogen (secondary N) is 1. The second-order valence-electron chi connectivity index (χ2n) is 5.19. The lowest BCUT2D eigenvalue weighted by Crippen LogP contribution is -2.60. The summed E-state index contributed by atoms with van der Waals surface area (Å²) in [6, 6.07) is 5.78. The summed E-state index contributed by atoms with van der Waals surface area (Å²) in [6.07, 6.45) is 0.436. The second kappa shape index (κ2) is 6.05. The Balaban J connectivity index is 2.22. The van der Waals surface area contributed by atoms with Crippen molar-refractivity contribution in [1.29, 1.82) is 0 Å². The van der Waals surface area contributed by atoms with Crippen LogP contribution in [0.4, 0.5) is 0 Å². The minimum Gasteiger partial charge on any atom is -0.320 e. The Labute approximate surface area is 123 Å². The highest BCUT2D eigenvalue weighted by Gasteiger charge is 2.37. The van der Waals surface area contributed by atoms with E-state index in [1.165, 1.54) is 4.90 Å². The average molecular weight is 289 g/mol. The Morgan fingerprint density at radius 3 is 2.57 bits per heavy atom. The molecule has 1 aliphatic rings. The molecule has 0 bridgehead atoms. The number of nitrogens with zero attached hydrogens (tertiary/aromatic N) is 1. The molecule has 0 aromatic heterocycles. The van der Waals surface area contributed by atoms with Crippen molar-refractivity contribution in [2.75, 3.05) is 6.54 Å². The van der Waals surface area contributed by atoms with Gasteiger partial charge in [0.25, 0.3) is 0 Å². The molecule has 3 N–H and O–H groups in total. The summed E-state index contributed by atoms with van der Waals surface area (Å²) in [5, 5.41) is 2.24. The summed E-state index contributed by atoms with van der Waals surface area (Å²) in [7, 11) is 0. The second-order valence-corrected chi connectivity index (χ2v) is 5.19. The Bertz CT molecular complexity index is 568. The minimum absolute atomic E-state index is 0.136. The molecule has 0 saturated carbocycles. The van der Waals surface area contributed by atoms with Crippen molar-refractivity contribution < 1.29 is 14.4 Å². The quantitative estimate of drug-likeness (QED) is 0.781. The first-order valence-corrected chi connectivity index (χ1v) is 6.90. The number of carbonyl (C=O) groups excluding carboxylic acids is 3. The fourth-order valence-corrected chi connectivity index (χ4v) is 2.40. The van der Waals surface area contributed by atoms with Crippen molar-refractivity contribution >= 4 is 17.7 Å². The van der Waals surface area contributed by atoms with Crippen molar-refractivity contribution in [1.82, 2.24) is 10.2 Å². The van der Waals surface area contributed by atoms with Crippen LogP contribution in [0.25, 0.3) is 0 Å². The maximum atomic E-state index is 12.5.